The molecule has 2 rings (SSSR count). The van der Waals surface area contributed by atoms with Crippen LogP contribution in [-0.2, 0) is 16.0 Å². The first-order valence-electron chi connectivity index (χ1n) is 6.66. The van der Waals surface area contributed by atoms with Crippen molar-refractivity contribution in [1.29, 1.82) is 0 Å². The highest BCUT2D eigenvalue weighted by molar-refractivity contribution is 5.73. The fourth-order valence-electron chi connectivity index (χ4n) is 2.51. The van der Waals surface area contributed by atoms with Crippen molar-refractivity contribution in [2.45, 2.75) is 26.2 Å². The van der Waals surface area contributed by atoms with Crippen molar-refractivity contribution in [2.24, 2.45) is 5.92 Å². The number of nitrogens with zero attached hydrogens (tertiary/aromatic N) is 1. The van der Waals surface area contributed by atoms with E-state index in [1.807, 2.05) is 0 Å². The summed E-state index contributed by atoms with van der Waals surface area (Å²) >= 11 is 0. The molecule has 0 saturated carbocycles. The van der Waals surface area contributed by atoms with Gasteiger partial charge in [0.1, 0.15) is 0 Å². The number of esters is 1. The first-order chi connectivity index (χ1) is 8.74. The molecule has 1 aliphatic rings. The Morgan fingerprint density at radius 2 is 2.11 bits per heavy atom. The van der Waals surface area contributed by atoms with E-state index in [4.69, 9.17) is 4.74 Å². The van der Waals surface area contributed by atoms with Crippen LogP contribution >= 0.6 is 0 Å². The number of benzene rings is 1. The molecule has 1 heterocycles. The number of methoxy groups -OCH3 is 1. The minimum absolute atomic E-state index is 0.0228. The summed E-state index contributed by atoms with van der Waals surface area (Å²) in [6.07, 6.45) is 3.05. The zero-order valence-electron chi connectivity index (χ0n) is 11.2. The third-order valence-corrected chi connectivity index (χ3v) is 3.67. The Bertz CT molecular complexity index is 399. The van der Waals surface area contributed by atoms with Gasteiger partial charge in [-0.3, -0.25) is 4.79 Å². The Hall–Kier alpha value is -1.51. The Labute approximate surface area is 109 Å². The van der Waals surface area contributed by atoms with E-state index >= 15 is 0 Å². The summed E-state index contributed by atoms with van der Waals surface area (Å²) in [6, 6.07) is 8.63. The van der Waals surface area contributed by atoms with Gasteiger partial charge in [0.2, 0.25) is 0 Å². The highest BCUT2D eigenvalue weighted by atomic mass is 16.5. The molecule has 3 nitrogen and oxygen atoms in total. The van der Waals surface area contributed by atoms with Crippen LogP contribution in [0, 0.1) is 5.92 Å². The maximum absolute atomic E-state index is 11.6. The fraction of sp³-hybridized carbons (Fsp3) is 0.533. The van der Waals surface area contributed by atoms with Gasteiger partial charge in [0, 0.05) is 18.8 Å². The number of rotatable bonds is 3. The predicted molar refractivity (Wildman–Crippen MR) is 72.8 cm³/mol. The summed E-state index contributed by atoms with van der Waals surface area (Å²) < 4.78 is 4.84. The molecule has 1 saturated heterocycles. The van der Waals surface area contributed by atoms with Crippen LogP contribution in [0.1, 0.15) is 25.3 Å². The summed E-state index contributed by atoms with van der Waals surface area (Å²) in [4.78, 5) is 13.9. The third kappa shape index (κ3) is 2.84. The lowest BCUT2D eigenvalue weighted by molar-refractivity contribution is -0.145. The monoisotopic (exact) mass is 247 g/mol. The van der Waals surface area contributed by atoms with E-state index in [2.05, 4.69) is 36.1 Å². The Morgan fingerprint density at radius 1 is 1.39 bits per heavy atom. The van der Waals surface area contributed by atoms with Gasteiger partial charge in [-0.2, -0.15) is 0 Å². The van der Waals surface area contributed by atoms with Crippen LogP contribution in [0.4, 0.5) is 5.69 Å². The van der Waals surface area contributed by atoms with Gasteiger partial charge in [-0.05, 0) is 37.0 Å². The molecule has 1 aliphatic heterocycles. The molecule has 0 aromatic heterocycles. The number of carbonyl (C=O) groups is 1. The van der Waals surface area contributed by atoms with E-state index in [1.54, 1.807) is 0 Å². The lowest BCUT2D eigenvalue weighted by Gasteiger charge is -2.33. The zero-order chi connectivity index (χ0) is 13.0. The summed E-state index contributed by atoms with van der Waals surface area (Å²) in [5, 5.41) is 0. The smallest absolute Gasteiger partial charge is 0.310 e. The Balaban J connectivity index is 2.05. The number of aryl methyl sites for hydroxylation is 1. The molecule has 0 radical (unpaired) electrons. The summed E-state index contributed by atoms with van der Waals surface area (Å²) in [5.74, 6) is -0.0560. The van der Waals surface area contributed by atoms with Crippen molar-refractivity contribution >= 4 is 11.7 Å². The lowest BCUT2D eigenvalue weighted by Crippen LogP contribution is -2.39. The topological polar surface area (TPSA) is 29.5 Å². The molecule has 1 aromatic rings. The number of piperidine rings is 1. The maximum atomic E-state index is 11.6. The molecule has 0 aliphatic carbocycles. The summed E-state index contributed by atoms with van der Waals surface area (Å²) in [5.41, 5.74) is 2.56. The fourth-order valence-corrected chi connectivity index (χ4v) is 2.51. The van der Waals surface area contributed by atoms with E-state index in [9.17, 15) is 4.79 Å². The van der Waals surface area contributed by atoms with Gasteiger partial charge in [-0.15, -0.1) is 0 Å². The molecule has 1 aromatic carbocycles. The maximum Gasteiger partial charge on any atom is 0.310 e. The van der Waals surface area contributed by atoms with Crippen molar-refractivity contribution in [3.8, 4) is 0 Å². The Morgan fingerprint density at radius 3 is 2.72 bits per heavy atom. The lowest BCUT2D eigenvalue weighted by atomic mass is 9.97. The van der Waals surface area contributed by atoms with E-state index in [0.29, 0.717) is 0 Å². The van der Waals surface area contributed by atoms with Crippen LogP contribution in [0.5, 0.6) is 0 Å². The first-order valence-corrected chi connectivity index (χ1v) is 6.66. The quantitative estimate of drug-likeness (QED) is 0.769. The Kier molecular flexibility index (Phi) is 4.24. The molecule has 98 valence electrons. The normalized spacial score (nSPS) is 19.7. The molecular weight excluding hydrogens is 226 g/mol. The molecule has 1 unspecified atom stereocenters. The molecule has 0 N–H and O–H groups in total. The van der Waals surface area contributed by atoms with E-state index < -0.39 is 0 Å². The number of anilines is 1. The largest absolute Gasteiger partial charge is 0.469 e. The van der Waals surface area contributed by atoms with Gasteiger partial charge in [0.25, 0.3) is 0 Å². The molecule has 0 amide bonds. The highest BCUT2D eigenvalue weighted by Crippen LogP contribution is 2.24. The van der Waals surface area contributed by atoms with Gasteiger partial charge in [0.15, 0.2) is 0 Å². The van der Waals surface area contributed by atoms with Crippen LogP contribution < -0.4 is 4.90 Å². The van der Waals surface area contributed by atoms with Crippen LogP contribution in [0.25, 0.3) is 0 Å². The van der Waals surface area contributed by atoms with Gasteiger partial charge >= 0.3 is 5.97 Å². The van der Waals surface area contributed by atoms with E-state index in [1.165, 1.54) is 18.4 Å². The molecule has 0 spiro atoms. The second kappa shape index (κ2) is 5.89. The number of hydrogen-bond acceptors (Lipinski definition) is 3. The van der Waals surface area contributed by atoms with Crippen LogP contribution in [-0.4, -0.2) is 26.2 Å². The van der Waals surface area contributed by atoms with Crippen LogP contribution in [0.15, 0.2) is 24.3 Å². The van der Waals surface area contributed by atoms with Crippen molar-refractivity contribution < 1.29 is 9.53 Å². The molecule has 0 bridgehead atoms. The highest BCUT2D eigenvalue weighted by Gasteiger charge is 2.26. The third-order valence-electron chi connectivity index (χ3n) is 3.67. The average Bonchev–Trinajstić information content (AvgIpc) is 2.46. The molecule has 1 atom stereocenters. The van der Waals surface area contributed by atoms with Crippen molar-refractivity contribution in [1.82, 2.24) is 0 Å². The number of carbonyl (C=O) groups excluding carboxylic acids is 1. The van der Waals surface area contributed by atoms with Crippen molar-refractivity contribution in [2.75, 3.05) is 25.1 Å². The molecular formula is C15H21NO2. The van der Waals surface area contributed by atoms with Gasteiger partial charge in [0.05, 0.1) is 13.0 Å². The zero-order valence-corrected chi connectivity index (χ0v) is 11.2. The molecule has 3 heteroatoms. The van der Waals surface area contributed by atoms with Gasteiger partial charge in [-0.25, -0.2) is 0 Å². The predicted octanol–water partition coefficient (Wildman–Crippen LogP) is 2.64. The van der Waals surface area contributed by atoms with Crippen molar-refractivity contribution in [3.63, 3.8) is 0 Å². The number of hydrogen-bond donors (Lipinski definition) is 0. The average molecular weight is 247 g/mol. The second-order valence-electron chi connectivity index (χ2n) is 4.83. The molecule has 18 heavy (non-hydrogen) atoms. The first kappa shape index (κ1) is 12.9. The second-order valence-corrected chi connectivity index (χ2v) is 4.83. The van der Waals surface area contributed by atoms with Crippen LogP contribution in [0.3, 0.4) is 0 Å². The minimum atomic E-state index is -0.0788. The van der Waals surface area contributed by atoms with E-state index in [0.717, 1.165) is 32.4 Å². The van der Waals surface area contributed by atoms with Crippen LogP contribution in [0.2, 0.25) is 0 Å². The van der Waals surface area contributed by atoms with Crippen molar-refractivity contribution in [3.05, 3.63) is 29.8 Å². The van der Waals surface area contributed by atoms with E-state index in [-0.39, 0.29) is 11.9 Å². The molecule has 1 fully saturated rings. The standard InChI is InChI=1S/C15H21NO2/c1-3-12-6-8-14(9-7-12)16-10-4-5-13(11-16)15(17)18-2/h6-9,13H,3-5,10-11H2,1-2H3. The van der Waals surface area contributed by atoms with Gasteiger partial charge in [-0.1, -0.05) is 19.1 Å². The number of ether oxygens (including phenoxy) is 1. The SMILES string of the molecule is CCc1ccc(N2CCCC(C(=O)OC)C2)cc1. The minimum Gasteiger partial charge on any atom is -0.469 e. The summed E-state index contributed by atoms with van der Waals surface area (Å²) in [6.45, 7) is 3.96. The summed E-state index contributed by atoms with van der Waals surface area (Å²) in [7, 11) is 1.47. The van der Waals surface area contributed by atoms with Gasteiger partial charge < -0.3 is 9.64 Å².